The van der Waals surface area contributed by atoms with Gasteiger partial charge in [-0.15, -0.1) is 0 Å². The van der Waals surface area contributed by atoms with Gasteiger partial charge in [0.05, 0.1) is 17.5 Å². The predicted octanol–water partition coefficient (Wildman–Crippen LogP) is 1.89. The quantitative estimate of drug-likeness (QED) is 0.802. The molecule has 1 atom stereocenters. The van der Waals surface area contributed by atoms with Crippen LogP contribution in [0.25, 0.3) is 0 Å². The first-order valence-corrected chi connectivity index (χ1v) is 9.59. The molecule has 6 nitrogen and oxygen atoms in total. The van der Waals surface area contributed by atoms with Crippen LogP contribution in [-0.4, -0.2) is 53.1 Å². The predicted molar refractivity (Wildman–Crippen MR) is 79.3 cm³/mol. The zero-order chi connectivity index (χ0) is 17.7. The Balaban J connectivity index is 1.93. The van der Waals surface area contributed by atoms with Crippen molar-refractivity contribution < 1.29 is 26.4 Å². The molecule has 1 amide bonds. The van der Waals surface area contributed by atoms with E-state index >= 15 is 0 Å². The minimum Gasteiger partial charge on any atom is -0.334 e. The molecular weight excluding hydrogens is 347 g/mol. The Morgan fingerprint density at radius 1 is 1.33 bits per heavy atom. The van der Waals surface area contributed by atoms with E-state index in [-0.39, 0.29) is 36.2 Å². The number of halogens is 3. The second-order valence-corrected chi connectivity index (χ2v) is 8.63. The minimum absolute atomic E-state index is 0.0171. The van der Waals surface area contributed by atoms with Crippen LogP contribution in [0.5, 0.6) is 0 Å². The maximum Gasteiger partial charge on any atom is 0.435 e. The molecule has 24 heavy (non-hydrogen) atoms. The van der Waals surface area contributed by atoms with E-state index in [0.717, 1.165) is 10.7 Å². The fourth-order valence-corrected chi connectivity index (χ4v) is 4.61. The van der Waals surface area contributed by atoms with Crippen LogP contribution in [0.1, 0.15) is 48.4 Å². The molecule has 2 heterocycles. The molecule has 10 heteroatoms. The molecule has 3 rings (SSSR count). The van der Waals surface area contributed by atoms with Crippen LogP contribution in [0.4, 0.5) is 13.2 Å². The van der Waals surface area contributed by atoms with Crippen molar-refractivity contribution in [3.63, 3.8) is 0 Å². The molecule has 1 saturated heterocycles. The number of hydrogen-bond donors (Lipinski definition) is 0. The second kappa shape index (κ2) is 5.75. The summed E-state index contributed by atoms with van der Waals surface area (Å²) in [5, 5.41) is 3.56. The lowest BCUT2D eigenvalue weighted by Crippen LogP contribution is -2.41. The van der Waals surface area contributed by atoms with Gasteiger partial charge >= 0.3 is 6.18 Å². The zero-order valence-corrected chi connectivity index (χ0v) is 13.9. The van der Waals surface area contributed by atoms with Crippen LogP contribution in [0.3, 0.4) is 0 Å². The number of alkyl halides is 3. The van der Waals surface area contributed by atoms with Gasteiger partial charge in [-0.3, -0.25) is 9.48 Å². The largest absolute Gasteiger partial charge is 0.435 e. The molecule has 0 bridgehead atoms. The van der Waals surface area contributed by atoms with Gasteiger partial charge in [-0.1, -0.05) is 0 Å². The molecule has 2 fully saturated rings. The number of amides is 1. The molecule has 0 spiro atoms. The molecule has 1 saturated carbocycles. The fourth-order valence-electron chi connectivity index (χ4n) is 2.95. The van der Waals surface area contributed by atoms with Crippen molar-refractivity contribution in [3.05, 3.63) is 17.5 Å². The number of sulfone groups is 1. The summed E-state index contributed by atoms with van der Waals surface area (Å²) < 4.78 is 63.6. The molecule has 1 aliphatic heterocycles. The number of carbonyl (C=O) groups is 1. The SMILES string of the molecule is CC1CS(=O)(=O)CCCN1C(=O)c1cc(C(F)(F)F)nn1C1CC1. The minimum atomic E-state index is -4.62. The van der Waals surface area contributed by atoms with E-state index in [4.69, 9.17) is 0 Å². The maximum absolute atomic E-state index is 12.9. The smallest absolute Gasteiger partial charge is 0.334 e. The molecule has 0 N–H and O–H groups in total. The Kier molecular flexibility index (Phi) is 4.13. The third-order valence-electron chi connectivity index (χ3n) is 4.28. The summed E-state index contributed by atoms with van der Waals surface area (Å²) >= 11 is 0. The Morgan fingerprint density at radius 3 is 2.58 bits per heavy atom. The number of nitrogens with zero attached hydrogens (tertiary/aromatic N) is 3. The number of carbonyl (C=O) groups excluding carboxylic acids is 1. The number of aromatic nitrogens is 2. The van der Waals surface area contributed by atoms with Gasteiger partial charge in [0.15, 0.2) is 15.5 Å². The van der Waals surface area contributed by atoms with Gasteiger partial charge in [-0.2, -0.15) is 18.3 Å². The first kappa shape index (κ1) is 17.2. The first-order chi connectivity index (χ1) is 11.1. The molecule has 0 aromatic carbocycles. The highest BCUT2D eigenvalue weighted by atomic mass is 32.2. The highest BCUT2D eigenvalue weighted by Gasteiger charge is 2.40. The average molecular weight is 365 g/mol. The normalized spacial score (nSPS) is 24.7. The fraction of sp³-hybridized carbons (Fsp3) is 0.714. The van der Waals surface area contributed by atoms with Gasteiger partial charge in [0, 0.05) is 18.7 Å². The van der Waals surface area contributed by atoms with Gasteiger partial charge in [-0.05, 0) is 26.2 Å². The van der Waals surface area contributed by atoms with Crippen molar-refractivity contribution >= 4 is 15.7 Å². The van der Waals surface area contributed by atoms with E-state index in [0.29, 0.717) is 12.8 Å². The van der Waals surface area contributed by atoms with Crippen molar-refractivity contribution in [2.24, 2.45) is 0 Å². The second-order valence-electron chi connectivity index (χ2n) is 6.40. The van der Waals surface area contributed by atoms with Crippen LogP contribution in [-0.2, 0) is 16.0 Å². The molecule has 1 unspecified atom stereocenters. The van der Waals surface area contributed by atoms with Crippen molar-refractivity contribution in [1.29, 1.82) is 0 Å². The molecule has 2 aliphatic rings. The van der Waals surface area contributed by atoms with E-state index < -0.39 is 33.7 Å². The highest BCUT2D eigenvalue weighted by Crippen LogP contribution is 2.38. The average Bonchev–Trinajstić information content (AvgIpc) is 3.20. The highest BCUT2D eigenvalue weighted by molar-refractivity contribution is 7.91. The lowest BCUT2D eigenvalue weighted by atomic mass is 10.2. The lowest BCUT2D eigenvalue weighted by molar-refractivity contribution is -0.141. The van der Waals surface area contributed by atoms with Crippen molar-refractivity contribution in [3.8, 4) is 0 Å². The van der Waals surface area contributed by atoms with E-state index in [1.165, 1.54) is 4.90 Å². The number of rotatable bonds is 2. The molecule has 1 aromatic rings. The molecule has 1 aromatic heterocycles. The topological polar surface area (TPSA) is 72.3 Å². The standard InChI is InChI=1S/C14H18F3N3O3S/c1-9-8-24(22,23)6-2-5-19(9)13(21)11-7-12(14(15,16)17)18-20(11)10-3-4-10/h7,9-10H,2-6,8H2,1H3. The Morgan fingerprint density at radius 2 is 2.00 bits per heavy atom. The van der Waals surface area contributed by atoms with Crippen LogP contribution in [0.15, 0.2) is 6.07 Å². The zero-order valence-electron chi connectivity index (χ0n) is 13.1. The van der Waals surface area contributed by atoms with Gasteiger partial charge in [0.25, 0.3) is 5.91 Å². The van der Waals surface area contributed by atoms with Crippen LogP contribution in [0.2, 0.25) is 0 Å². The van der Waals surface area contributed by atoms with Crippen LogP contribution < -0.4 is 0 Å². The summed E-state index contributed by atoms with van der Waals surface area (Å²) in [5.74, 6) is -0.784. The summed E-state index contributed by atoms with van der Waals surface area (Å²) in [5.41, 5.74) is -1.20. The molecule has 0 radical (unpaired) electrons. The van der Waals surface area contributed by atoms with Crippen LogP contribution in [0, 0.1) is 0 Å². The molecule has 134 valence electrons. The monoisotopic (exact) mass is 365 g/mol. The van der Waals surface area contributed by atoms with E-state index in [1.54, 1.807) is 6.92 Å². The Hall–Kier alpha value is -1.58. The number of hydrogen-bond acceptors (Lipinski definition) is 4. The maximum atomic E-state index is 12.9. The van der Waals surface area contributed by atoms with E-state index in [2.05, 4.69) is 5.10 Å². The Labute approximate surface area is 137 Å². The van der Waals surface area contributed by atoms with Gasteiger partial charge in [0.2, 0.25) is 0 Å². The third-order valence-corrected chi connectivity index (χ3v) is 6.18. The van der Waals surface area contributed by atoms with Crippen LogP contribution >= 0.6 is 0 Å². The third kappa shape index (κ3) is 3.42. The van der Waals surface area contributed by atoms with E-state index in [9.17, 15) is 26.4 Å². The summed E-state index contributed by atoms with van der Waals surface area (Å²) in [6, 6.07) is 0.000189. The summed E-state index contributed by atoms with van der Waals surface area (Å²) in [4.78, 5) is 14.1. The molecule has 1 aliphatic carbocycles. The lowest BCUT2D eigenvalue weighted by Gasteiger charge is -2.26. The van der Waals surface area contributed by atoms with Crippen molar-refractivity contribution in [1.82, 2.24) is 14.7 Å². The summed E-state index contributed by atoms with van der Waals surface area (Å²) in [6.45, 7) is 1.81. The van der Waals surface area contributed by atoms with Gasteiger partial charge in [-0.25, -0.2) is 8.42 Å². The molecular formula is C14H18F3N3O3S. The summed E-state index contributed by atoms with van der Waals surface area (Å²) in [7, 11) is -3.25. The van der Waals surface area contributed by atoms with Gasteiger partial charge in [0.1, 0.15) is 5.69 Å². The van der Waals surface area contributed by atoms with Crippen molar-refractivity contribution in [2.75, 3.05) is 18.1 Å². The summed E-state index contributed by atoms with van der Waals surface area (Å²) in [6.07, 6.45) is -2.97. The van der Waals surface area contributed by atoms with Gasteiger partial charge < -0.3 is 4.90 Å². The van der Waals surface area contributed by atoms with E-state index in [1.807, 2.05) is 0 Å². The Bertz CT molecular complexity index is 753. The van der Waals surface area contributed by atoms with Crippen molar-refractivity contribution in [2.45, 2.75) is 44.4 Å². The first-order valence-electron chi connectivity index (χ1n) is 7.76.